The zero-order valence-electron chi connectivity index (χ0n) is 4.89. The predicted octanol–water partition coefficient (Wildman–Crippen LogP) is 0.852. The van der Waals surface area contributed by atoms with Gasteiger partial charge in [-0.2, -0.15) is 0 Å². The molecular formula is C5H8BrN3. The van der Waals surface area contributed by atoms with Crippen molar-refractivity contribution in [2.24, 2.45) is 0 Å². The third kappa shape index (κ3) is 2.15. The third-order valence-corrected chi connectivity index (χ3v) is 1.44. The molecule has 1 aromatic heterocycles. The highest BCUT2D eigenvalue weighted by Gasteiger charge is 1.89. The summed E-state index contributed by atoms with van der Waals surface area (Å²) in [6, 6.07) is 0. The Balaban J connectivity index is 2.30. The summed E-state index contributed by atoms with van der Waals surface area (Å²) in [5.74, 6) is 0. The molecule has 0 aliphatic rings. The number of aromatic nitrogens is 2. The summed E-state index contributed by atoms with van der Waals surface area (Å²) in [7, 11) is 0. The number of hydrogen-bond acceptors (Lipinski definition) is 2. The maximum Gasteiger partial charge on any atom is 0.0921 e. The van der Waals surface area contributed by atoms with Gasteiger partial charge in [-0.3, -0.25) is 4.34 Å². The molecule has 0 amide bonds. The SMILES string of the molecule is BrNCCc1cnc[nH]1. The second-order valence-corrected chi connectivity index (χ2v) is 2.27. The van der Waals surface area contributed by atoms with Gasteiger partial charge in [0.15, 0.2) is 0 Å². The fourth-order valence-corrected chi connectivity index (χ4v) is 0.802. The summed E-state index contributed by atoms with van der Waals surface area (Å²) in [6.07, 6.45) is 4.49. The van der Waals surface area contributed by atoms with E-state index in [1.165, 1.54) is 0 Å². The number of nitrogens with one attached hydrogen (secondary N) is 2. The fourth-order valence-electron chi connectivity index (χ4n) is 0.603. The summed E-state index contributed by atoms with van der Waals surface area (Å²) >= 11 is 3.11. The van der Waals surface area contributed by atoms with Crippen molar-refractivity contribution in [3.05, 3.63) is 18.2 Å². The van der Waals surface area contributed by atoms with Crippen LogP contribution in [0, 0.1) is 0 Å². The average Bonchev–Trinajstić information content (AvgIpc) is 2.34. The minimum Gasteiger partial charge on any atom is -0.348 e. The molecule has 0 atom stereocenters. The Hall–Kier alpha value is -0.350. The second-order valence-electron chi connectivity index (χ2n) is 1.71. The van der Waals surface area contributed by atoms with E-state index in [0.29, 0.717) is 0 Å². The first-order valence-corrected chi connectivity index (χ1v) is 3.53. The molecule has 0 fully saturated rings. The Morgan fingerprint density at radius 2 is 2.67 bits per heavy atom. The van der Waals surface area contributed by atoms with Gasteiger partial charge in [0.1, 0.15) is 0 Å². The zero-order valence-corrected chi connectivity index (χ0v) is 6.48. The molecule has 9 heavy (non-hydrogen) atoms. The lowest BCUT2D eigenvalue weighted by Crippen LogP contribution is -2.03. The smallest absolute Gasteiger partial charge is 0.0921 e. The van der Waals surface area contributed by atoms with Crippen molar-refractivity contribution in [3.8, 4) is 0 Å². The molecule has 1 aromatic rings. The van der Waals surface area contributed by atoms with Crippen molar-refractivity contribution in [2.45, 2.75) is 6.42 Å². The molecule has 0 aliphatic carbocycles. The molecular weight excluding hydrogens is 182 g/mol. The minimum atomic E-state index is 0.919. The fraction of sp³-hybridized carbons (Fsp3) is 0.400. The molecule has 0 saturated heterocycles. The van der Waals surface area contributed by atoms with Crippen LogP contribution in [0.25, 0.3) is 0 Å². The van der Waals surface area contributed by atoms with Crippen molar-refractivity contribution in [1.82, 2.24) is 14.3 Å². The Kier molecular flexibility index (Phi) is 2.73. The molecule has 4 heteroatoms. The van der Waals surface area contributed by atoms with Crippen molar-refractivity contribution >= 4 is 16.1 Å². The molecule has 0 spiro atoms. The molecule has 1 heterocycles. The van der Waals surface area contributed by atoms with Gasteiger partial charge in [0.05, 0.1) is 6.33 Å². The van der Waals surface area contributed by atoms with Crippen LogP contribution in [0.2, 0.25) is 0 Å². The number of nitrogens with zero attached hydrogens (tertiary/aromatic N) is 1. The van der Waals surface area contributed by atoms with Crippen LogP contribution >= 0.6 is 16.1 Å². The first kappa shape index (κ1) is 6.77. The second kappa shape index (κ2) is 3.63. The van der Waals surface area contributed by atoms with Crippen LogP contribution in [-0.2, 0) is 6.42 Å². The number of aromatic amines is 1. The van der Waals surface area contributed by atoms with Gasteiger partial charge in [0.25, 0.3) is 0 Å². The first-order chi connectivity index (χ1) is 4.43. The maximum absolute atomic E-state index is 3.88. The maximum atomic E-state index is 3.88. The van der Waals surface area contributed by atoms with Crippen LogP contribution in [0.3, 0.4) is 0 Å². The number of imidazole rings is 1. The van der Waals surface area contributed by atoms with Crippen molar-refractivity contribution < 1.29 is 0 Å². The Morgan fingerprint density at radius 3 is 3.22 bits per heavy atom. The third-order valence-electron chi connectivity index (χ3n) is 1.04. The molecule has 0 unspecified atom stereocenters. The number of halogens is 1. The van der Waals surface area contributed by atoms with Gasteiger partial charge < -0.3 is 4.98 Å². The Bertz CT molecular complexity index is 149. The molecule has 0 bridgehead atoms. The van der Waals surface area contributed by atoms with E-state index in [4.69, 9.17) is 0 Å². The highest BCUT2D eigenvalue weighted by molar-refractivity contribution is 9.08. The van der Waals surface area contributed by atoms with Crippen LogP contribution < -0.4 is 4.34 Å². The molecule has 0 aromatic carbocycles. The lowest BCUT2D eigenvalue weighted by atomic mass is 10.3. The lowest BCUT2D eigenvalue weighted by molar-refractivity contribution is 0.894. The largest absolute Gasteiger partial charge is 0.348 e. The first-order valence-electron chi connectivity index (χ1n) is 2.74. The monoisotopic (exact) mass is 189 g/mol. The number of rotatable bonds is 3. The summed E-state index contributed by atoms with van der Waals surface area (Å²) in [6.45, 7) is 0.919. The van der Waals surface area contributed by atoms with E-state index in [9.17, 15) is 0 Å². The van der Waals surface area contributed by atoms with E-state index in [1.807, 2.05) is 6.20 Å². The van der Waals surface area contributed by atoms with Crippen LogP contribution in [-0.4, -0.2) is 16.5 Å². The minimum absolute atomic E-state index is 0.919. The summed E-state index contributed by atoms with van der Waals surface area (Å²) in [5.41, 5.74) is 1.15. The summed E-state index contributed by atoms with van der Waals surface area (Å²) < 4.78 is 2.87. The van der Waals surface area contributed by atoms with Gasteiger partial charge >= 0.3 is 0 Å². The lowest BCUT2D eigenvalue weighted by Gasteiger charge is -1.91. The highest BCUT2D eigenvalue weighted by Crippen LogP contribution is 1.90. The highest BCUT2D eigenvalue weighted by atomic mass is 79.9. The summed E-state index contributed by atoms with van der Waals surface area (Å²) in [4.78, 5) is 6.88. The van der Waals surface area contributed by atoms with Crippen LogP contribution in [0.4, 0.5) is 0 Å². The molecule has 2 N–H and O–H groups in total. The van der Waals surface area contributed by atoms with E-state index in [0.717, 1.165) is 18.7 Å². The van der Waals surface area contributed by atoms with Crippen molar-refractivity contribution in [2.75, 3.05) is 6.54 Å². The van der Waals surface area contributed by atoms with Gasteiger partial charge in [-0.05, 0) is 0 Å². The van der Waals surface area contributed by atoms with Gasteiger partial charge in [-0.25, -0.2) is 4.98 Å². The Morgan fingerprint density at radius 1 is 1.78 bits per heavy atom. The predicted molar refractivity (Wildman–Crippen MR) is 39.2 cm³/mol. The van der Waals surface area contributed by atoms with E-state index in [2.05, 4.69) is 30.5 Å². The molecule has 0 saturated carbocycles. The van der Waals surface area contributed by atoms with E-state index in [1.54, 1.807) is 6.33 Å². The van der Waals surface area contributed by atoms with Crippen molar-refractivity contribution in [1.29, 1.82) is 0 Å². The van der Waals surface area contributed by atoms with Crippen molar-refractivity contribution in [3.63, 3.8) is 0 Å². The zero-order chi connectivity index (χ0) is 6.53. The molecule has 3 nitrogen and oxygen atoms in total. The molecule has 0 aliphatic heterocycles. The molecule has 50 valence electrons. The standard InChI is InChI=1S/C5H8BrN3/c6-9-2-1-5-3-7-4-8-5/h3-4,9H,1-2H2,(H,7,8). The summed E-state index contributed by atoms with van der Waals surface area (Å²) in [5, 5.41) is 0. The van der Waals surface area contributed by atoms with Crippen LogP contribution in [0.15, 0.2) is 12.5 Å². The van der Waals surface area contributed by atoms with E-state index < -0.39 is 0 Å². The Labute approximate surface area is 62.2 Å². The van der Waals surface area contributed by atoms with E-state index in [-0.39, 0.29) is 0 Å². The topological polar surface area (TPSA) is 40.7 Å². The quantitative estimate of drug-likeness (QED) is 0.693. The van der Waals surface area contributed by atoms with Gasteiger partial charge in [-0.1, -0.05) is 0 Å². The van der Waals surface area contributed by atoms with Crippen LogP contribution in [0.5, 0.6) is 0 Å². The normalized spacial score (nSPS) is 9.89. The van der Waals surface area contributed by atoms with Crippen LogP contribution in [0.1, 0.15) is 5.69 Å². The van der Waals surface area contributed by atoms with Gasteiger partial charge in [0.2, 0.25) is 0 Å². The van der Waals surface area contributed by atoms with E-state index >= 15 is 0 Å². The number of hydrogen-bond donors (Lipinski definition) is 2. The van der Waals surface area contributed by atoms with Gasteiger partial charge in [-0.15, -0.1) is 0 Å². The average molecular weight is 190 g/mol. The molecule has 1 rings (SSSR count). The van der Waals surface area contributed by atoms with Gasteiger partial charge in [0, 0.05) is 41.0 Å². The number of H-pyrrole nitrogens is 1. The molecule has 0 radical (unpaired) electrons.